The molecule has 1 atom stereocenters. The summed E-state index contributed by atoms with van der Waals surface area (Å²) >= 11 is 3.78. The van der Waals surface area contributed by atoms with Crippen LogP contribution in [0.3, 0.4) is 0 Å². The Balaban J connectivity index is 2.17. The van der Waals surface area contributed by atoms with Gasteiger partial charge in [0.1, 0.15) is 5.75 Å². The van der Waals surface area contributed by atoms with Crippen molar-refractivity contribution >= 4 is 15.9 Å². The standard InChI is InChI=1S/C16H22BrNO/c1-10(18)16(7-8-16)13-9-11-5-3-4-6-12(11)14(17)15(13)19-2/h9-10H,3-8,18H2,1-2H3. The summed E-state index contributed by atoms with van der Waals surface area (Å²) in [6, 6.07) is 2.57. The molecule has 0 radical (unpaired) electrons. The van der Waals surface area contributed by atoms with Crippen molar-refractivity contribution in [2.24, 2.45) is 5.73 Å². The van der Waals surface area contributed by atoms with Crippen LogP contribution in [0.2, 0.25) is 0 Å². The highest BCUT2D eigenvalue weighted by molar-refractivity contribution is 9.10. The number of halogens is 1. The summed E-state index contributed by atoms with van der Waals surface area (Å²) in [7, 11) is 1.77. The predicted octanol–water partition coefficient (Wildman–Crippen LogP) is 3.72. The minimum absolute atomic E-state index is 0.153. The van der Waals surface area contributed by atoms with Crippen LogP contribution < -0.4 is 10.5 Å². The first-order valence-electron chi connectivity index (χ1n) is 7.24. The van der Waals surface area contributed by atoms with E-state index >= 15 is 0 Å². The number of hydrogen-bond acceptors (Lipinski definition) is 2. The molecule has 3 heteroatoms. The van der Waals surface area contributed by atoms with E-state index in [1.807, 2.05) is 0 Å². The Labute approximate surface area is 123 Å². The molecule has 0 spiro atoms. The molecule has 0 bridgehead atoms. The van der Waals surface area contributed by atoms with E-state index in [0.29, 0.717) is 0 Å². The van der Waals surface area contributed by atoms with E-state index in [-0.39, 0.29) is 11.5 Å². The average molecular weight is 324 g/mol. The Morgan fingerprint density at radius 2 is 2.00 bits per heavy atom. The lowest BCUT2D eigenvalue weighted by atomic mass is 9.83. The van der Waals surface area contributed by atoms with Gasteiger partial charge in [0.25, 0.3) is 0 Å². The molecule has 2 aliphatic carbocycles. The van der Waals surface area contributed by atoms with E-state index in [0.717, 1.165) is 12.2 Å². The van der Waals surface area contributed by atoms with Gasteiger partial charge in [-0.2, -0.15) is 0 Å². The molecule has 0 amide bonds. The second-order valence-electron chi connectivity index (χ2n) is 6.06. The highest BCUT2D eigenvalue weighted by Crippen LogP contribution is 2.55. The SMILES string of the molecule is COc1c(C2(C(C)N)CC2)cc2c(c1Br)CCCC2. The van der Waals surface area contributed by atoms with Crippen molar-refractivity contribution in [3.63, 3.8) is 0 Å². The summed E-state index contributed by atoms with van der Waals surface area (Å²) in [5.74, 6) is 1.02. The summed E-state index contributed by atoms with van der Waals surface area (Å²) in [4.78, 5) is 0. The van der Waals surface area contributed by atoms with Crippen molar-refractivity contribution in [3.05, 3.63) is 27.2 Å². The number of benzene rings is 1. The van der Waals surface area contributed by atoms with Gasteiger partial charge in [-0.3, -0.25) is 0 Å². The van der Waals surface area contributed by atoms with Crippen LogP contribution in [0.5, 0.6) is 5.75 Å². The molecular formula is C16H22BrNO. The van der Waals surface area contributed by atoms with Gasteiger partial charge in [-0.15, -0.1) is 0 Å². The molecule has 104 valence electrons. The Kier molecular flexibility index (Phi) is 3.38. The van der Waals surface area contributed by atoms with E-state index in [1.165, 1.54) is 53.3 Å². The fraction of sp³-hybridized carbons (Fsp3) is 0.625. The summed E-state index contributed by atoms with van der Waals surface area (Å²) < 4.78 is 6.89. The molecule has 1 saturated carbocycles. The smallest absolute Gasteiger partial charge is 0.137 e. The van der Waals surface area contributed by atoms with Gasteiger partial charge in [0.15, 0.2) is 0 Å². The number of fused-ring (bicyclic) bond motifs is 1. The normalized spacial score (nSPS) is 21.7. The largest absolute Gasteiger partial charge is 0.495 e. The molecule has 0 aromatic heterocycles. The summed E-state index contributed by atoms with van der Waals surface area (Å²) in [5.41, 5.74) is 10.7. The van der Waals surface area contributed by atoms with Gasteiger partial charge in [0, 0.05) is 17.0 Å². The van der Waals surface area contributed by atoms with Gasteiger partial charge in [-0.1, -0.05) is 6.07 Å². The Morgan fingerprint density at radius 1 is 1.32 bits per heavy atom. The lowest BCUT2D eigenvalue weighted by molar-refractivity contribution is 0.394. The van der Waals surface area contributed by atoms with E-state index in [2.05, 4.69) is 28.9 Å². The van der Waals surface area contributed by atoms with E-state index < -0.39 is 0 Å². The molecule has 2 N–H and O–H groups in total. The molecule has 0 saturated heterocycles. The first-order valence-corrected chi connectivity index (χ1v) is 8.04. The quantitative estimate of drug-likeness (QED) is 0.920. The number of methoxy groups -OCH3 is 1. The predicted molar refractivity (Wildman–Crippen MR) is 81.9 cm³/mol. The van der Waals surface area contributed by atoms with Crippen LogP contribution in [-0.4, -0.2) is 13.2 Å². The molecule has 1 aromatic carbocycles. The van der Waals surface area contributed by atoms with Crippen LogP contribution >= 0.6 is 15.9 Å². The van der Waals surface area contributed by atoms with Crippen LogP contribution in [0.15, 0.2) is 10.5 Å². The maximum absolute atomic E-state index is 6.24. The third kappa shape index (κ3) is 2.02. The van der Waals surface area contributed by atoms with Crippen LogP contribution in [0.25, 0.3) is 0 Å². The molecule has 2 nitrogen and oxygen atoms in total. The number of nitrogens with two attached hydrogens (primary N) is 1. The molecule has 1 fully saturated rings. The molecule has 3 rings (SSSR count). The minimum atomic E-state index is 0.153. The molecule has 19 heavy (non-hydrogen) atoms. The lowest BCUT2D eigenvalue weighted by Gasteiger charge is -2.27. The molecule has 1 aromatic rings. The maximum atomic E-state index is 6.24. The first-order chi connectivity index (χ1) is 9.10. The zero-order chi connectivity index (χ0) is 13.6. The van der Waals surface area contributed by atoms with Crippen LogP contribution in [0.1, 0.15) is 49.3 Å². The fourth-order valence-corrected chi connectivity index (χ4v) is 4.34. The average Bonchev–Trinajstić information content (AvgIpc) is 3.20. The van der Waals surface area contributed by atoms with Crippen molar-refractivity contribution in [2.75, 3.05) is 7.11 Å². The molecular weight excluding hydrogens is 302 g/mol. The number of aryl methyl sites for hydroxylation is 1. The fourth-order valence-electron chi connectivity index (χ4n) is 3.51. The maximum Gasteiger partial charge on any atom is 0.137 e. The summed E-state index contributed by atoms with van der Waals surface area (Å²) in [5, 5.41) is 0. The Bertz CT molecular complexity index is 506. The summed E-state index contributed by atoms with van der Waals surface area (Å²) in [6.45, 7) is 2.12. The molecule has 0 aliphatic heterocycles. The molecule has 2 aliphatic rings. The zero-order valence-electron chi connectivity index (χ0n) is 11.8. The van der Waals surface area contributed by atoms with Crippen molar-refractivity contribution in [3.8, 4) is 5.75 Å². The molecule has 0 heterocycles. The van der Waals surface area contributed by atoms with Crippen LogP contribution in [0, 0.1) is 0 Å². The Morgan fingerprint density at radius 3 is 2.58 bits per heavy atom. The zero-order valence-corrected chi connectivity index (χ0v) is 13.3. The molecule has 1 unspecified atom stereocenters. The third-order valence-electron chi connectivity index (χ3n) is 4.94. The van der Waals surface area contributed by atoms with Gasteiger partial charge >= 0.3 is 0 Å². The lowest BCUT2D eigenvalue weighted by Crippen LogP contribution is -2.32. The monoisotopic (exact) mass is 323 g/mol. The van der Waals surface area contributed by atoms with Gasteiger partial charge in [-0.25, -0.2) is 0 Å². The number of ether oxygens (including phenoxy) is 1. The van der Waals surface area contributed by atoms with Gasteiger partial charge in [0.2, 0.25) is 0 Å². The number of hydrogen-bond donors (Lipinski definition) is 1. The van der Waals surface area contributed by atoms with Crippen molar-refractivity contribution in [1.29, 1.82) is 0 Å². The van der Waals surface area contributed by atoms with Gasteiger partial charge in [0.05, 0.1) is 11.6 Å². The van der Waals surface area contributed by atoms with Crippen LogP contribution in [0.4, 0.5) is 0 Å². The van der Waals surface area contributed by atoms with Crippen LogP contribution in [-0.2, 0) is 18.3 Å². The topological polar surface area (TPSA) is 35.2 Å². The third-order valence-corrected chi connectivity index (χ3v) is 5.78. The van der Waals surface area contributed by atoms with Crippen molar-refractivity contribution < 1.29 is 4.74 Å². The van der Waals surface area contributed by atoms with E-state index in [1.54, 1.807) is 7.11 Å². The Hall–Kier alpha value is -0.540. The second-order valence-corrected chi connectivity index (χ2v) is 6.85. The van der Waals surface area contributed by atoms with E-state index in [4.69, 9.17) is 10.5 Å². The first kappa shape index (κ1) is 13.4. The minimum Gasteiger partial charge on any atom is -0.495 e. The van der Waals surface area contributed by atoms with Crippen molar-refractivity contribution in [2.45, 2.75) is 56.9 Å². The van der Waals surface area contributed by atoms with Crippen molar-refractivity contribution in [1.82, 2.24) is 0 Å². The highest BCUT2D eigenvalue weighted by Gasteiger charge is 2.49. The summed E-state index contributed by atoms with van der Waals surface area (Å²) in [6.07, 6.45) is 7.32. The van der Waals surface area contributed by atoms with Gasteiger partial charge < -0.3 is 10.5 Å². The second kappa shape index (κ2) is 4.78. The highest BCUT2D eigenvalue weighted by atomic mass is 79.9. The van der Waals surface area contributed by atoms with Gasteiger partial charge in [-0.05, 0) is 72.5 Å². The van der Waals surface area contributed by atoms with E-state index in [9.17, 15) is 0 Å². The number of rotatable bonds is 3.